The van der Waals surface area contributed by atoms with Crippen LogP contribution in [0.15, 0.2) is 121 Å². The lowest BCUT2D eigenvalue weighted by Crippen LogP contribution is -2.00. The highest BCUT2D eigenvalue weighted by Crippen LogP contribution is 2.34. The van der Waals surface area contributed by atoms with Gasteiger partial charge < -0.3 is 0 Å². The lowest BCUT2D eigenvalue weighted by atomic mass is 9.95. The first-order valence-electron chi connectivity index (χ1n) is 11.4. The summed E-state index contributed by atoms with van der Waals surface area (Å²) in [4.78, 5) is 14.6. The average molecular weight is 470 g/mol. The summed E-state index contributed by atoms with van der Waals surface area (Å²) in [6.45, 7) is 0. The molecule has 3 nitrogen and oxygen atoms in total. The number of hydrogen-bond acceptors (Lipinski definition) is 3. The molecule has 4 heteroatoms. The van der Waals surface area contributed by atoms with Gasteiger partial charge in [0.25, 0.3) is 0 Å². The number of rotatable bonds is 4. The molecule has 0 fully saturated rings. The van der Waals surface area contributed by atoms with E-state index in [4.69, 9.17) is 26.6 Å². The number of aromatic nitrogens is 3. The SMILES string of the molecule is Clc1ccc(-c2nc(-c3ccccc3)nc(-c3cc(-c4ccccc4)c4ccccc4c3)n2)cc1. The summed E-state index contributed by atoms with van der Waals surface area (Å²) in [5, 5.41) is 3.00. The van der Waals surface area contributed by atoms with Crippen LogP contribution in [0.3, 0.4) is 0 Å². The number of benzene rings is 5. The molecule has 0 saturated carbocycles. The van der Waals surface area contributed by atoms with Gasteiger partial charge in [-0.1, -0.05) is 96.5 Å². The van der Waals surface area contributed by atoms with Gasteiger partial charge in [-0.05, 0) is 58.3 Å². The fourth-order valence-electron chi connectivity index (χ4n) is 4.25. The molecule has 0 saturated heterocycles. The molecule has 0 aliphatic carbocycles. The third-order valence-corrected chi connectivity index (χ3v) is 6.23. The minimum atomic E-state index is 0.611. The molecule has 6 rings (SSSR count). The van der Waals surface area contributed by atoms with Gasteiger partial charge in [-0.25, -0.2) is 15.0 Å². The molecule has 35 heavy (non-hydrogen) atoms. The zero-order valence-electron chi connectivity index (χ0n) is 18.8. The van der Waals surface area contributed by atoms with Crippen LogP contribution in [0.4, 0.5) is 0 Å². The van der Waals surface area contributed by atoms with Crippen LogP contribution in [0.2, 0.25) is 5.02 Å². The van der Waals surface area contributed by atoms with Gasteiger partial charge in [0.15, 0.2) is 17.5 Å². The molecular weight excluding hydrogens is 450 g/mol. The third kappa shape index (κ3) is 4.30. The second-order valence-corrected chi connectivity index (χ2v) is 8.73. The molecule has 1 aromatic heterocycles. The summed E-state index contributed by atoms with van der Waals surface area (Å²) in [7, 11) is 0. The van der Waals surface area contributed by atoms with Gasteiger partial charge in [0.1, 0.15) is 0 Å². The first kappa shape index (κ1) is 21.2. The van der Waals surface area contributed by atoms with Crippen molar-refractivity contribution in [3.8, 4) is 45.3 Å². The number of hydrogen-bond donors (Lipinski definition) is 0. The molecule has 0 aliphatic heterocycles. The minimum absolute atomic E-state index is 0.611. The topological polar surface area (TPSA) is 38.7 Å². The molecule has 0 N–H and O–H groups in total. The summed E-state index contributed by atoms with van der Waals surface area (Å²) in [6.07, 6.45) is 0. The molecular formula is C31H20ClN3. The van der Waals surface area contributed by atoms with E-state index in [1.165, 1.54) is 5.39 Å². The summed E-state index contributed by atoms with van der Waals surface area (Å²) < 4.78 is 0. The van der Waals surface area contributed by atoms with E-state index in [0.29, 0.717) is 22.5 Å². The number of halogens is 1. The Morgan fingerprint density at radius 1 is 0.429 bits per heavy atom. The second kappa shape index (κ2) is 9.13. The Bertz CT molecular complexity index is 1630. The maximum absolute atomic E-state index is 6.13. The fraction of sp³-hybridized carbons (Fsp3) is 0. The maximum Gasteiger partial charge on any atom is 0.164 e. The van der Waals surface area contributed by atoms with Crippen molar-refractivity contribution in [2.24, 2.45) is 0 Å². The summed E-state index contributed by atoms with van der Waals surface area (Å²) in [5.41, 5.74) is 5.07. The molecule has 0 amide bonds. The van der Waals surface area contributed by atoms with Crippen LogP contribution in [0.5, 0.6) is 0 Å². The predicted octanol–water partition coefficient (Wildman–Crippen LogP) is 8.35. The fourth-order valence-corrected chi connectivity index (χ4v) is 4.37. The molecule has 0 bridgehead atoms. The van der Waals surface area contributed by atoms with Crippen LogP contribution >= 0.6 is 11.6 Å². The van der Waals surface area contributed by atoms with E-state index in [2.05, 4.69) is 60.7 Å². The summed E-state index contributed by atoms with van der Waals surface area (Å²) in [5.74, 6) is 1.88. The van der Waals surface area contributed by atoms with Crippen molar-refractivity contribution in [2.45, 2.75) is 0 Å². The maximum atomic E-state index is 6.13. The molecule has 0 aliphatic rings. The van der Waals surface area contributed by atoms with Crippen molar-refractivity contribution in [2.75, 3.05) is 0 Å². The monoisotopic (exact) mass is 469 g/mol. The quantitative estimate of drug-likeness (QED) is 0.260. The lowest BCUT2D eigenvalue weighted by molar-refractivity contribution is 1.07. The number of nitrogens with zero attached hydrogens (tertiary/aromatic N) is 3. The van der Waals surface area contributed by atoms with Crippen LogP contribution in [0.1, 0.15) is 0 Å². The van der Waals surface area contributed by atoms with Crippen molar-refractivity contribution >= 4 is 22.4 Å². The van der Waals surface area contributed by atoms with Crippen LogP contribution in [0, 0.1) is 0 Å². The Kier molecular flexibility index (Phi) is 5.53. The highest BCUT2D eigenvalue weighted by atomic mass is 35.5. The van der Waals surface area contributed by atoms with Crippen molar-refractivity contribution in [1.82, 2.24) is 15.0 Å². The zero-order chi connectivity index (χ0) is 23.6. The molecule has 166 valence electrons. The zero-order valence-corrected chi connectivity index (χ0v) is 19.5. The van der Waals surface area contributed by atoms with E-state index in [-0.39, 0.29) is 0 Å². The van der Waals surface area contributed by atoms with Gasteiger partial charge in [-0.3, -0.25) is 0 Å². The molecule has 0 atom stereocenters. The Balaban J connectivity index is 1.60. The Hall–Kier alpha value is -4.34. The van der Waals surface area contributed by atoms with E-state index in [9.17, 15) is 0 Å². The Labute approximate surface area is 208 Å². The highest BCUT2D eigenvalue weighted by molar-refractivity contribution is 6.30. The Morgan fingerprint density at radius 3 is 1.60 bits per heavy atom. The first-order chi connectivity index (χ1) is 17.2. The normalized spacial score (nSPS) is 11.0. The Morgan fingerprint density at radius 2 is 0.943 bits per heavy atom. The first-order valence-corrected chi connectivity index (χ1v) is 11.8. The number of fused-ring (bicyclic) bond motifs is 1. The average Bonchev–Trinajstić information content (AvgIpc) is 2.93. The van der Waals surface area contributed by atoms with Gasteiger partial charge in [0.05, 0.1) is 0 Å². The van der Waals surface area contributed by atoms with Crippen LogP contribution in [0.25, 0.3) is 56.1 Å². The summed E-state index contributed by atoms with van der Waals surface area (Å²) in [6, 6.07) is 40.7. The van der Waals surface area contributed by atoms with Crippen LogP contribution in [-0.2, 0) is 0 Å². The van der Waals surface area contributed by atoms with Gasteiger partial charge in [0.2, 0.25) is 0 Å². The van der Waals surface area contributed by atoms with Crippen molar-refractivity contribution in [3.05, 3.63) is 126 Å². The molecule has 6 aromatic rings. The second-order valence-electron chi connectivity index (χ2n) is 8.29. The molecule has 0 radical (unpaired) electrons. The molecule has 1 heterocycles. The van der Waals surface area contributed by atoms with Gasteiger partial charge in [-0.2, -0.15) is 0 Å². The molecule has 0 unspecified atom stereocenters. The third-order valence-electron chi connectivity index (χ3n) is 5.97. The van der Waals surface area contributed by atoms with E-state index < -0.39 is 0 Å². The van der Waals surface area contributed by atoms with Crippen molar-refractivity contribution in [1.29, 1.82) is 0 Å². The van der Waals surface area contributed by atoms with E-state index >= 15 is 0 Å². The van der Waals surface area contributed by atoms with Crippen LogP contribution in [-0.4, -0.2) is 15.0 Å². The predicted molar refractivity (Wildman–Crippen MR) is 144 cm³/mol. The van der Waals surface area contributed by atoms with Gasteiger partial charge >= 0.3 is 0 Å². The smallest absolute Gasteiger partial charge is 0.164 e. The molecule has 5 aromatic carbocycles. The van der Waals surface area contributed by atoms with Gasteiger partial charge in [0, 0.05) is 21.7 Å². The van der Waals surface area contributed by atoms with E-state index in [0.717, 1.165) is 33.2 Å². The van der Waals surface area contributed by atoms with Gasteiger partial charge in [-0.15, -0.1) is 0 Å². The standard InChI is InChI=1S/C31H20ClN3/c32-26-17-15-23(16-18-26)30-33-29(22-11-5-2-6-12-22)34-31(35-30)25-19-24-13-7-8-14-27(24)28(20-25)21-9-3-1-4-10-21/h1-20H. The van der Waals surface area contributed by atoms with E-state index in [1.807, 2.05) is 60.7 Å². The van der Waals surface area contributed by atoms with E-state index in [1.54, 1.807) is 0 Å². The molecule has 0 spiro atoms. The highest BCUT2D eigenvalue weighted by Gasteiger charge is 2.14. The minimum Gasteiger partial charge on any atom is -0.208 e. The lowest BCUT2D eigenvalue weighted by Gasteiger charge is -2.12. The summed E-state index contributed by atoms with van der Waals surface area (Å²) >= 11 is 6.13. The van der Waals surface area contributed by atoms with Crippen LogP contribution < -0.4 is 0 Å². The largest absolute Gasteiger partial charge is 0.208 e. The van der Waals surface area contributed by atoms with Crippen molar-refractivity contribution in [3.63, 3.8) is 0 Å². The van der Waals surface area contributed by atoms with Crippen molar-refractivity contribution < 1.29 is 0 Å².